The zero-order valence-corrected chi connectivity index (χ0v) is 18.6. The van der Waals surface area contributed by atoms with Crippen molar-refractivity contribution < 1.29 is 44.1 Å². The molecule has 33 heavy (non-hydrogen) atoms. The van der Waals surface area contributed by atoms with E-state index in [1.54, 1.807) is 13.8 Å². The number of carbonyl (C=O) groups is 6. The molecule has 1 aliphatic heterocycles. The highest BCUT2D eigenvalue weighted by molar-refractivity contribution is 5.95. The van der Waals surface area contributed by atoms with Crippen LogP contribution in [0.2, 0.25) is 0 Å². The maximum Gasteiger partial charge on any atom is 0.326 e. The Hall–Kier alpha value is -3.22. The van der Waals surface area contributed by atoms with Gasteiger partial charge in [0, 0.05) is 6.42 Å². The second-order valence-corrected chi connectivity index (χ2v) is 8.01. The van der Waals surface area contributed by atoms with Crippen LogP contribution in [0.25, 0.3) is 0 Å². The van der Waals surface area contributed by atoms with Gasteiger partial charge < -0.3 is 36.6 Å². The normalized spacial score (nSPS) is 18.9. The SMILES string of the molecule is CCC(C)C(NC(=O)C(CCC(=O)O)NC(=O)C1CCCN1)C(=O)NC(CC(=O)O)C(=O)O. The predicted octanol–water partition coefficient (Wildman–Crippen LogP) is -1.34. The van der Waals surface area contributed by atoms with E-state index >= 15 is 0 Å². The van der Waals surface area contributed by atoms with Crippen molar-refractivity contribution in [2.75, 3.05) is 6.54 Å². The molecule has 5 unspecified atom stereocenters. The first-order valence-corrected chi connectivity index (χ1v) is 10.8. The number of amides is 3. The standard InChI is InChI=1S/C20H32N4O9/c1-3-10(2)16(19(31)23-13(20(32)33)9-15(27)28)24-18(30)12(6-7-14(25)26)22-17(29)11-5-4-8-21-11/h10-13,16,21H,3-9H2,1-2H3,(H,22,29)(H,23,31)(H,24,30)(H,25,26)(H,27,28)(H,32,33). The third-order valence-electron chi connectivity index (χ3n) is 5.44. The van der Waals surface area contributed by atoms with Crippen molar-refractivity contribution >= 4 is 35.6 Å². The Balaban J connectivity index is 2.98. The highest BCUT2D eigenvalue weighted by atomic mass is 16.4. The van der Waals surface area contributed by atoms with Crippen LogP contribution in [0.15, 0.2) is 0 Å². The lowest BCUT2D eigenvalue weighted by Crippen LogP contribution is -2.58. The molecule has 1 heterocycles. The van der Waals surface area contributed by atoms with Gasteiger partial charge in [0.2, 0.25) is 17.7 Å². The van der Waals surface area contributed by atoms with Gasteiger partial charge >= 0.3 is 17.9 Å². The lowest BCUT2D eigenvalue weighted by Gasteiger charge is -2.27. The Morgan fingerprint density at radius 1 is 0.939 bits per heavy atom. The number of rotatable bonds is 14. The number of carbonyl (C=O) groups excluding carboxylic acids is 3. The van der Waals surface area contributed by atoms with Crippen LogP contribution >= 0.6 is 0 Å². The van der Waals surface area contributed by atoms with Crippen LogP contribution in [0.1, 0.15) is 52.4 Å². The Morgan fingerprint density at radius 2 is 1.61 bits per heavy atom. The maximum absolute atomic E-state index is 12.9. The van der Waals surface area contributed by atoms with Crippen molar-refractivity contribution in [3.63, 3.8) is 0 Å². The molecule has 1 saturated heterocycles. The van der Waals surface area contributed by atoms with Gasteiger partial charge in [-0.3, -0.25) is 24.0 Å². The first-order chi connectivity index (χ1) is 15.5. The summed E-state index contributed by atoms with van der Waals surface area (Å²) in [7, 11) is 0. The fourth-order valence-corrected chi connectivity index (χ4v) is 3.31. The molecule has 1 rings (SSSR count). The lowest BCUT2D eigenvalue weighted by molar-refractivity contribution is -0.147. The molecule has 1 fully saturated rings. The molecule has 0 saturated carbocycles. The van der Waals surface area contributed by atoms with E-state index in [-0.39, 0.29) is 6.42 Å². The van der Waals surface area contributed by atoms with Gasteiger partial charge in [-0.2, -0.15) is 0 Å². The molecule has 0 aromatic carbocycles. The summed E-state index contributed by atoms with van der Waals surface area (Å²) in [6.07, 6.45) is 0.279. The number of nitrogens with one attached hydrogen (secondary N) is 4. The first-order valence-electron chi connectivity index (χ1n) is 10.8. The number of carboxylic acids is 3. The van der Waals surface area contributed by atoms with Crippen LogP contribution in [0.3, 0.4) is 0 Å². The van der Waals surface area contributed by atoms with E-state index in [0.717, 1.165) is 6.42 Å². The van der Waals surface area contributed by atoms with Crippen molar-refractivity contribution in [2.24, 2.45) is 5.92 Å². The quantitative estimate of drug-likeness (QED) is 0.158. The Labute approximate surface area is 190 Å². The predicted molar refractivity (Wildman–Crippen MR) is 113 cm³/mol. The fraction of sp³-hybridized carbons (Fsp3) is 0.700. The third-order valence-corrected chi connectivity index (χ3v) is 5.44. The third kappa shape index (κ3) is 9.43. The summed E-state index contributed by atoms with van der Waals surface area (Å²) < 4.78 is 0. The van der Waals surface area contributed by atoms with Gasteiger partial charge in [-0.25, -0.2) is 4.79 Å². The molecule has 13 nitrogen and oxygen atoms in total. The number of hydrogen-bond donors (Lipinski definition) is 7. The molecule has 0 spiro atoms. The van der Waals surface area contributed by atoms with Crippen molar-refractivity contribution in [2.45, 2.75) is 76.5 Å². The van der Waals surface area contributed by atoms with Crippen LogP contribution in [0.5, 0.6) is 0 Å². The second kappa shape index (κ2) is 13.4. The summed E-state index contributed by atoms with van der Waals surface area (Å²) >= 11 is 0. The lowest BCUT2D eigenvalue weighted by atomic mass is 9.97. The van der Waals surface area contributed by atoms with Crippen molar-refractivity contribution in [1.82, 2.24) is 21.3 Å². The Kier molecular flexibility index (Phi) is 11.3. The number of carboxylic acid groups (broad SMARTS) is 3. The largest absolute Gasteiger partial charge is 0.481 e. The molecule has 186 valence electrons. The topological polar surface area (TPSA) is 211 Å². The van der Waals surface area contributed by atoms with E-state index in [1.165, 1.54) is 0 Å². The van der Waals surface area contributed by atoms with Crippen LogP contribution in [-0.2, 0) is 28.8 Å². The smallest absolute Gasteiger partial charge is 0.326 e. The highest BCUT2D eigenvalue weighted by Crippen LogP contribution is 2.11. The van der Waals surface area contributed by atoms with Gasteiger partial charge in [-0.05, 0) is 31.7 Å². The molecule has 13 heteroatoms. The van der Waals surface area contributed by atoms with E-state index < -0.39 is 78.6 Å². The van der Waals surface area contributed by atoms with Crippen molar-refractivity contribution in [3.8, 4) is 0 Å². The van der Waals surface area contributed by atoms with E-state index in [9.17, 15) is 28.8 Å². The average molecular weight is 472 g/mol. The molecular weight excluding hydrogens is 440 g/mol. The Bertz CT molecular complexity index is 752. The van der Waals surface area contributed by atoms with Crippen LogP contribution in [0.4, 0.5) is 0 Å². The minimum Gasteiger partial charge on any atom is -0.481 e. The van der Waals surface area contributed by atoms with E-state index in [2.05, 4.69) is 21.3 Å². The van der Waals surface area contributed by atoms with E-state index in [1.807, 2.05) is 0 Å². The van der Waals surface area contributed by atoms with Crippen LogP contribution in [-0.4, -0.2) is 81.7 Å². The van der Waals surface area contributed by atoms with Gasteiger partial charge in [-0.1, -0.05) is 20.3 Å². The highest BCUT2D eigenvalue weighted by Gasteiger charge is 2.34. The van der Waals surface area contributed by atoms with Crippen LogP contribution < -0.4 is 21.3 Å². The van der Waals surface area contributed by atoms with Gasteiger partial charge in [0.15, 0.2) is 0 Å². The summed E-state index contributed by atoms with van der Waals surface area (Å²) in [5, 5.41) is 37.1. The fourth-order valence-electron chi connectivity index (χ4n) is 3.31. The summed E-state index contributed by atoms with van der Waals surface area (Å²) in [6, 6.07) is -4.67. The zero-order chi connectivity index (χ0) is 25.1. The molecular formula is C20H32N4O9. The molecule has 3 amide bonds. The average Bonchev–Trinajstić information content (AvgIpc) is 3.28. The molecule has 0 aliphatic carbocycles. The minimum absolute atomic E-state index is 0.217. The molecule has 1 aliphatic rings. The molecule has 0 radical (unpaired) electrons. The summed E-state index contributed by atoms with van der Waals surface area (Å²) in [4.78, 5) is 71.2. The van der Waals surface area contributed by atoms with Gasteiger partial charge in [-0.15, -0.1) is 0 Å². The summed E-state index contributed by atoms with van der Waals surface area (Å²) in [5.74, 6) is -6.77. The van der Waals surface area contributed by atoms with Gasteiger partial charge in [0.25, 0.3) is 0 Å². The minimum atomic E-state index is -1.70. The summed E-state index contributed by atoms with van der Waals surface area (Å²) in [6.45, 7) is 4.00. The molecule has 7 N–H and O–H groups in total. The molecule has 0 aromatic heterocycles. The van der Waals surface area contributed by atoms with Crippen molar-refractivity contribution in [1.29, 1.82) is 0 Å². The molecule has 0 bridgehead atoms. The number of hydrogen-bond acceptors (Lipinski definition) is 7. The first kappa shape index (κ1) is 27.8. The second-order valence-electron chi connectivity index (χ2n) is 8.01. The zero-order valence-electron chi connectivity index (χ0n) is 18.6. The van der Waals surface area contributed by atoms with E-state index in [0.29, 0.717) is 19.4 Å². The van der Waals surface area contributed by atoms with Gasteiger partial charge in [0.05, 0.1) is 12.5 Å². The Morgan fingerprint density at radius 3 is 2.09 bits per heavy atom. The molecule has 5 atom stereocenters. The molecule has 0 aromatic rings. The summed E-state index contributed by atoms with van der Waals surface area (Å²) in [5.41, 5.74) is 0. The monoisotopic (exact) mass is 472 g/mol. The van der Waals surface area contributed by atoms with Gasteiger partial charge in [0.1, 0.15) is 18.1 Å². The van der Waals surface area contributed by atoms with E-state index in [4.69, 9.17) is 15.3 Å². The maximum atomic E-state index is 12.9. The van der Waals surface area contributed by atoms with Crippen molar-refractivity contribution in [3.05, 3.63) is 0 Å². The van der Waals surface area contributed by atoms with Crippen LogP contribution in [0, 0.1) is 5.92 Å². The number of aliphatic carboxylic acids is 3.